The van der Waals surface area contributed by atoms with Crippen LogP contribution in [0.15, 0.2) is 66.7 Å². The Labute approximate surface area is 218 Å². The molecule has 0 bridgehead atoms. The van der Waals surface area contributed by atoms with Gasteiger partial charge in [0.25, 0.3) is 5.91 Å². The molecule has 3 aromatic rings. The highest BCUT2D eigenvalue weighted by Crippen LogP contribution is 2.32. The molecule has 2 N–H and O–H groups in total. The summed E-state index contributed by atoms with van der Waals surface area (Å²) in [4.78, 5) is 36.0. The topological polar surface area (TPSA) is 103 Å². The molecule has 0 aliphatic heterocycles. The average Bonchev–Trinajstić information content (AvgIpc) is 2.86. The molecule has 0 radical (unpaired) electrons. The summed E-state index contributed by atoms with van der Waals surface area (Å²) in [5, 5.41) is 6.17. The van der Waals surface area contributed by atoms with Crippen LogP contribution < -0.4 is 20.1 Å². The molecule has 0 aliphatic carbocycles. The molecule has 8 nitrogen and oxygen atoms in total. The van der Waals surface area contributed by atoms with Gasteiger partial charge in [-0.05, 0) is 73.7 Å². The van der Waals surface area contributed by atoms with Gasteiger partial charge < -0.3 is 24.8 Å². The fourth-order valence-electron chi connectivity index (χ4n) is 2.95. The summed E-state index contributed by atoms with van der Waals surface area (Å²) in [6.07, 6.45) is -0.267. The molecule has 0 unspecified atom stereocenters. The minimum atomic E-state index is -0.657. The third-order valence-corrected chi connectivity index (χ3v) is 5.16. The number of esters is 1. The van der Waals surface area contributed by atoms with Crippen molar-refractivity contribution in [2.24, 2.45) is 0 Å². The van der Waals surface area contributed by atoms with Gasteiger partial charge in [-0.1, -0.05) is 23.2 Å². The summed E-state index contributed by atoms with van der Waals surface area (Å²) in [7, 11) is 0. The van der Waals surface area contributed by atoms with Gasteiger partial charge in [-0.2, -0.15) is 0 Å². The maximum Gasteiger partial charge on any atom is 0.306 e. The quantitative estimate of drug-likeness (QED) is 0.291. The van der Waals surface area contributed by atoms with Crippen LogP contribution in [0.1, 0.15) is 19.8 Å². The van der Waals surface area contributed by atoms with E-state index in [4.69, 9.17) is 37.4 Å². The number of hydrogen-bond acceptors (Lipinski definition) is 6. The molecule has 10 heteroatoms. The van der Waals surface area contributed by atoms with Crippen LogP contribution in [0.4, 0.5) is 11.4 Å². The zero-order valence-electron chi connectivity index (χ0n) is 19.4. The van der Waals surface area contributed by atoms with Gasteiger partial charge in [0.05, 0.1) is 18.1 Å². The number of carbonyl (C=O) groups excluding carboxylic acids is 3. The predicted molar refractivity (Wildman–Crippen MR) is 138 cm³/mol. The monoisotopic (exact) mass is 530 g/mol. The fourth-order valence-corrected chi connectivity index (χ4v) is 3.39. The molecule has 36 heavy (non-hydrogen) atoms. The maximum atomic E-state index is 12.2. The Morgan fingerprint density at radius 1 is 0.778 bits per heavy atom. The van der Waals surface area contributed by atoms with Gasteiger partial charge in [0.2, 0.25) is 5.91 Å². The lowest BCUT2D eigenvalue weighted by molar-refractivity contribution is -0.147. The zero-order valence-corrected chi connectivity index (χ0v) is 20.9. The number of halogens is 2. The van der Waals surface area contributed by atoms with Gasteiger partial charge in [0.1, 0.15) is 17.2 Å². The summed E-state index contributed by atoms with van der Waals surface area (Å²) in [6.45, 7) is 1.97. The Kier molecular flexibility index (Phi) is 9.97. The third kappa shape index (κ3) is 8.79. The van der Waals surface area contributed by atoms with E-state index < -0.39 is 18.5 Å². The Morgan fingerprint density at radius 3 is 2.00 bits per heavy atom. The average molecular weight is 531 g/mol. The van der Waals surface area contributed by atoms with Gasteiger partial charge in [0.15, 0.2) is 6.61 Å². The Bertz CT molecular complexity index is 1200. The van der Waals surface area contributed by atoms with Crippen molar-refractivity contribution in [1.29, 1.82) is 0 Å². The van der Waals surface area contributed by atoms with Crippen molar-refractivity contribution in [3.8, 4) is 17.2 Å². The van der Waals surface area contributed by atoms with Gasteiger partial charge in [-0.15, -0.1) is 0 Å². The molecule has 0 aliphatic rings. The van der Waals surface area contributed by atoms with E-state index in [2.05, 4.69) is 10.6 Å². The first-order chi connectivity index (χ1) is 17.3. The molecule has 0 atom stereocenters. The van der Waals surface area contributed by atoms with Crippen LogP contribution in [0.5, 0.6) is 17.2 Å². The van der Waals surface area contributed by atoms with Crippen molar-refractivity contribution in [2.75, 3.05) is 23.8 Å². The first-order valence-corrected chi connectivity index (χ1v) is 11.8. The highest BCUT2D eigenvalue weighted by atomic mass is 35.5. The van der Waals surface area contributed by atoms with Gasteiger partial charge in [-0.25, -0.2) is 0 Å². The standard InChI is InChI=1S/C26H24Cl2N2O6/c1-2-34-20-8-4-19(5-9-20)30-25(32)16-35-26(33)14-13-24(31)29-18-6-10-21(11-7-18)36-23-12-3-17(27)15-22(23)28/h3-12,15H,2,13-14,16H2,1H3,(H,29,31)(H,30,32). The highest BCUT2D eigenvalue weighted by Gasteiger charge is 2.12. The second-order valence-electron chi connectivity index (χ2n) is 7.42. The minimum absolute atomic E-state index is 0.0992. The van der Waals surface area contributed by atoms with Crippen LogP contribution in [0.3, 0.4) is 0 Å². The van der Waals surface area contributed by atoms with Crippen LogP contribution in [0.25, 0.3) is 0 Å². The normalized spacial score (nSPS) is 10.3. The van der Waals surface area contributed by atoms with E-state index in [1.54, 1.807) is 66.7 Å². The van der Waals surface area contributed by atoms with Crippen LogP contribution in [-0.2, 0) is 19.1 Å². The number of rotatable bonds is 11. The van der Waals surface area contributed by atoms with Crippen LogP contribution in [-0.4, -0.2) is 31.0 Å². The number of hydrogen-bond donors (Lipinski definition) is 2. The number of amides is 2. The number of ether oxygens (including phenoxy) is 3. The predicted octanol–water partition coefficient (Wildman–Crippen LogP) is 6.09. The first kappa shape index (κ1) is 26.8. The molecule has 3 rings (SSSR count). The Morgan fingerprint density at radius 2 is 1.39 bits per heavy atom. The molecule has 0 saturated heterocycles. The molecule has 188 valence electrons. The number of benzene rings is 3. The minimum Gasteiger partial charge on any atom is -0.494 e. The van der Waals surface area contributed by atoms with E-state index in [9.17, 15) is 14.4 Å². The van der Waals surface area contributed by atoms with E-state index in [1.807, 2.05) is 6.92 Å². The highest BCUT2D eigenvalue weighted by molar-refractivity contribution is 6.35. The second kappa shape index (κ2) is 13.4. The Balaban J connectivity index is 1.36. The molecule has 0 spiro atoms. The van der Waals surface area contributed by atoms with Crippen molar-refractivity contribution < 1.29 is 28.6 Å². The van der Waals surface area contributed by atoms with Crippen molar-refractivity contribution in [3.63, 3.8) is 0 Å². The summed E-state index contributed by atoms with van der Waals surface area (Å²) < 4.78 is 16.0. The summed E-state index contributed by atoms with van der Waals surface area (Å²) in [5.74, 6) is 0.135. The summed E-state index contributed by atoms with van der Waals surface area (Å²) in [5.41, 5.74) is 1.07. The lowest BCUT2D eigenvalue weighted by atomic mass is 10.2. The van der Waals surface area contributed by atoms with Crippen molar-refractivity contribution in [3.05, 3.63) is 76.8 Å². The van der Waals surface area contributed by atoms with Crippen LogP contribution in [0, 0.1) is 0 Å². The second-order valence-corrected chi connectivity index (χ2v) is 8.26. The number of nitrogens with one attached hydrogen (secondary N) is 2. The van der Waals surface area contributed by atoms with Gasteiger partial charge in [0, 0.05) is 22.8 Å². The van der Waals surface area contributed by atoms with Crippen molar-refractivity contribution in [2.45, 2.75) is 19.8 Å². The largest absolute Gasteiger partial charge is 0.494 e. The third-order valence-electron chi connectivity index (χ3n) is 4.63. The fraction of sp³-hybridized carbons (Fsp3) is 0.192. The van der Waals surface area contributed by atoms with Gasteiger partial charge >= 0.3 is 5.97 Å². The maximum absolute atomic E-state index is 12.2. The van der Waals surface area contributed by atoms with Crippen LogP contribution in [0.2, 0.25) is 10.0 Å². The molecule has 0 heterocycles. The van der Waals surface area contributed by atoms with E-state index in [0.717, 1.165) is 0 Å². The smallest absolute Gasteiger partial charge is 0.306 e. The summed E-state index contributed by atoms with van der Waals surface area (Å²) in [6, 6.07) is 18.3. The van der Waals surface area contributed by atoms with Crippen LogP contribution >= 0.6 is 23.2 Å². The van der Waals surface area contributed by atoms with Gasteiger partial charge in [-0.3, -0.25) is 14.4 Å². The molecule has 0 fully saturated rings. The van der Waals surface area contributed by atoms with Crippen molar-refractivity contribution >= 4 is 52.4 Å². The summed E-state index contributed by atoms with van der Waals surface area (Å²) >= 11 is 12.0. The lowest BCUT2D eigenvalue weighted by Crippen LogP contribution is -2.21. The SMILES string of the molecule is CCOc1ccc(NC(=O)COC(=O)CCC(=O)Nc2ccc(Oc3ccc(Cl)cc3Cl)cc2)cc1. The number of anilines is 2. The molecule has 3 aromatic carbocycles. The molecule has 0 aromatic heterocycles. The molecule has 2 amide bonds. The van der Waals surface area contributed by atoms with E-state index in [1.165, 1.54) is 0 Å². The Hall–Kier alpha value is -3.75. The molecular weight excluding hydrogens is 507 g/mol. The zero-order chi connectivity index (χ0) is 25.9. The molecular formula is C26H24Cl2N2O6. The molecule has 0 saturated carbocycles. The van der Waals surface area contributed by atoms with E-state index in [-0.39, 0.29) is 18.7 Å². The van der Waals surface area contributed by atoms with E-state index >= 15 is 0 Å². The first-order valence-electron chi connectivity index (χ1n) is 11.0. The van der Waals surface area contributed by atoms with E-state index in [0.29, 0.717) is 45.3 Å². The van der Waals surface area contributed by atoms with Crippen molar-refractivity contribution in [1.82, 2.24) is 0 Å². The lowest BCUT2D eigenvalue weighted by Gasteiger charge is -2.10. The number of carbonyl (C=O) groups is 3.